The van der Waals surface area contributed by atoms with E-state index in [0.29, 0.717) is 0 Å². The molecule has 40 heavy (non-hydrogen) atoms. The number of halogens is 2. The van der Waals surface area contributed by atoms with Gasteiger partial charge in [0.15, 0.2) is 0 Å². The summed E-state index contributed by atoms with van der Waals surface area (Å²) in [7, 11) is 0. The van der Waals surface area contributed by atoms with Crippen LogP contribution in [0.1, 0.15) is 108 Å². The van der Waals surface area contributed by atoms with Crippen molar-refractivity contribution in [2.24, 2.45) is 0 Å². The van der Waals surface area contributed by atoms with E-state index in [4.69, 9.17) is 0 Å². The van der Waals surface area contributed by atoms with Gasteiger partial charge in [0, 0.05) is 0 Å². The quantitative estimate of drug-likeness (QED) is 0.313. The zero-order chi connectivity index (χ0) is 26.7. The Balaban J connectivity index is 0.00000185. The first-order valence-corrected chi connectivity index (χ1v) is 19.2. The van der Waals surface area contributed by atoms with E-state index in [-0.39, 0.29) is 35.6 Å². The SMILES string of the molecule is CC(C)(C)c1ccc2c(c1)Cc1c-2ccc(C(C)(C)C)[c]1[Zr+2]([C]1=C(c2ccsc2)C=CC1)=[C]1CCCCC1.[Cl-].[Cl-]. The zero-order valence-corrected chi connectivity index (χ0v) is 29.7. The van der Waals surface area contributed by atoms with E-state index in [1.807, 2.05) is 21.1 Å². The van der Waals surface area contributed by atoms with Gasteiger partial charge in [-0.3, -0.25) is 0 Å². The molecule has 1 saturated carbocycles. The fourth-order valence-electron chi connectivity index (χ4n) is 6.85. The number of hydrogen-bond donors (Lipinski definition) is 0. The van der Waals surface area contributed by atoms with Crippen LogP contribution < -0.4 is 28.1 Å². The first-order chi connectivity index (χ1) is 18.1. The van der Waals surface area contributed by atoms with Crippen molar-refractivity contribution in [3.8, 4) is 11.1 Å². The summed E-state index contributed by atoms with van der Waals surface area (Å²) in [5.41, 5.74) is 12.7. The maximum absolute atomic E-state index is 2.54. The number of fused-ring (bicyclic) bond motifs is 3. The molecule has 3 aliphatic rings. The summed E-state index contributed by atoms with van der Waals surface area (Å²) in [4.78, 5) is 0. The summed E-state index contributed by atoms with van der Waals surface area (Å²) in [5.74, 6) is 0. The zero-order valence-electron chi connectivity index (χ0n) is 24.9. The predicted molar refractivity (Wildman–Crippen MR) is 165 cm³/mol. The largest absolute Gasteiger partial charge is 1.00 e. The van der Waals surface area contributed by atoms with Crippen molar-refractivity contribution in [3.63, 3.8) is 0 Å². The molecule has 1 aromatic heterocycles. The number of rotatable bonds is 3. The van der Waals surface area contributed by atoms with Gasteiger partial charge in [-0.1, -0.05) is 0 Å². The van der Waals surface area contributed by atoms with E-state index >= 15 is 0 Å². The minimum absolute atomic E-state index is 0. The normalized spacial score (nSPS) is 16.2. The van der Waals surface area contributed by atoms with Crippen molar-refractivity contribution in [2.45, 2.75) is 97.3 Å². The smallest absolute Gasteiger partial charge is 1.00 e. The molecule has 0 saturated heterocycles. The van der Waals surface area contributed by atoms with Gasteiger partial charge in [0.2, 0.25) is 0 Å². The molecule has 1 heterocycles. The van der Waals surface area contributed by atoms with Crippen molar-refractivity contribution in [3.05, 3.63) is 90.4 Å². The van der Waals surface area contributed by atoms with Crippen molar-refractivity contribution >= 4 is 23.4 Å². The van der Waals surface area contributed by atoms with Crippen molar-refractivity contribution in [2.75, 3.05) is 0 Å². The van der Waals surface area contributed by atoms with Gasteiger partial charge in [0.1, 0.15) is 0 Å². The second-order valence-corrected chi connectivity index (χ2v) is 20.7. The van der Waals surface area contributed by atoms with Gasteiger partial charge in [0.05, 0.1) is 0 Å². The Bertz CT molecular complexity index is 1480. The molecule has 0 unspecified atom stereocenters. The molecule has 0 amide bonds. The molecule has 0 atom stereocenters. The van der Waals surface area contributed by atoms with Crippen LogP contribution in [0, 0.1) is 0 Å². The number of benzene rings is 2. The van der Waals surface area contributed by atoms with E-state index in [0.717, 1.165) is 12.8 Å². The minimum atomic E-state index is -2.37. The fourth-order valence-corrected chi connectivity index (χ4v) is 17.4. The van der Waals surface area contributed by atoms with E-state index < -0.39 is 21.3 Å². The molecule has 4 heteroatoms. The van der Waals surface area contributed by atoms with Gasteiger partial charge in [-0.25, -0.2) is 0 Å². The van der Waals surface area contributed by atoms with Crippen LogP contribution in [0.5, 0.6) is 0 Å². The molecule has 0 bridgehead atoms. The molecule has 1 fully saturated rings. The Morgan fingerprint density at radius 1 is 0.800 bits per heavy atom. The second kappa shape index (κ2) is 12.3. The summed E-state index contributed by atoms with van der Waals surface area (Å²) in [5, 5.41) is 4.63. The molecule has 6 rings (SSSR count). The Hall–Kier alpha value is -1.05. The molecule has 0 N–H and O–H groups in total. The number of hydrogen-bond acceptors (Lipinski definition) is 1. The van der Waals surface area contributed by atoms with Crippen LogP contribution >= 0.6 is 11.3 Å². The van der Waals surface area contributed by atoms with Crippen LogP contribution in [0.4, 0.5) is 0 Å². The Labute approximate surface area is 266 Å². The van der Waals surface area contributed by atoms with E-state index in [1.54, 1.807) is 22.3 Å². The molecule has 3 aromatic rings. The van der Waals surface area contributed by atoms with E-state index in [9.17, 15) is 0 Å². The first-order valence-electron chi connectivity index (χ1n) is 14.6. The van der Waals surface area contributed by atoms with Gasteiger partial charge in [0.25, 0.3) is 0 Å². The summed E-state index contributed by atoms with van der Waals surface area (Å²) < 4.78 is 5.66. The number of thiophene rings is 1. The van der Waals surface area contributed by atoms with Gasteiger partial charge < -0.3 is 24.8 Å². The predicted octanol–water partition coefficient (Wildman–Crippen LogP) is 3.67. The first kappa shape index (κ1) is 31.9. The van der Waals surface area contributed by atoms with Crippen LogP contribution in [0.25, 0.3) is 16.7 Å². The monoisotopic (exact) mass is 666 g/mol. The third kappa shape index (κ3) is 5.90. The molecule has 2 aromatic carbocycles. The third-order valence-corrected chi connectivity index (χ3v) is 17.8. The summed E-state index contributed by atoms with van der Waals surface area (Å²) in [6, 6.07) is 14.7. The fraction of sp³-hybridized carbons (Fsp3) is 0.417. The third-order valence-electron chi connectivity index (χ3n) is 8.88. The van der Waals surface area contributed by atoms with Gasteiger partial charge in [-0.2, -0.15) is 0 Å². The standard InChI is InChI=1S/C21H25.C9H7S.C6H10.2ClH.Zr/c1-20(2,3)16-7-9-18-14(12-16)11-15-13-17(21(4,5)6)8-10-19(15)18;1-2-4-8(3-1)9-5-6-10-7-9;1-2-4-6-5-3-1;;;/h7-10,12H,11H2,1-6H3;1,3,5-7H,2H2;1-5H2;2*1H;/q;;;;;+2/p-2. The summed E-state index contributed by atoms with van der Waals surface area (Å²) in [6.45, 7) is 14.4. The van der Waals surface area contributed by atoms with E-state index in [2.05, 4.69) is 101 Å². The van der Waals surface area contributed by atoms with Crippen LogP contribution in [0.3, 0.4) is 0 Å². The molecular weight excluding hydrogens is 627 g/mol. The van der Waals surface area contributed by atoms with Crippen molar-refractivity contribution < 1.29 is 46.1 Å². The van der Waals surface area contributed by atoms with Crippen LogP contribution in [0.15, 0.2) is 62.6 Å². The Morgan fingerprint density at radius 2 is 1.52 bits per heavy atom. The molecule has 0 nitrogen and oxygen atoms in total. The molecule has 3 aliphatic carbocycles. The van der Waals surface area contributed by atoms with Crippen LogP contribution in [-0.2, 0) is 38.5 Å². The Kier molecular flexibility index (Phi) is 9.79. The van der Waals surface area contributed by atoms with Crippen molar-refractivity contribution in [1.29, 1.82) is 0 Å². The molecular formula is C36H42Cl2SZr. The van der Waals surface area contributed by atoms with Crippen molar-refractivity contribution in [1.82, 2.24) is 0 Å². The topological polar surface area (TPSA) is 0 Å². The summed E-state index contributed by atoms with van der Waals surface area (Å²) >= 11 is -0.529. The van der Waals surface area contributed by atoms with Gasteiger partial charge >= 0.3 is 244 Å². The number of allylic oxidation sites excluding steroid dienone is 4. The minimum Gasteiger partial charge on any atom is -1.00 e. The average molecular weight is 669 g/mol. The van der Waals surface area contributed by atoms with Gasteiger partial charge in [-0.15, -0.1) is 0 Å². The molecule has 210 valence electrons. The van der Waals surface area contributed by atoms with E-state index in [1.165, 1.54) is 54.4 Å². The van der Waals surface area contributed by atoms with Gasteiger partial charge in [-0.05, 0) is 0 Å². The maximum Gasteiger partial charge on any atom is -1.00 e. The second-order valence-electron chi connectivity index (χ2n) is 13.6. The summed E-state index contributed by atoms with van der Waals surface area (Å²) in [6.07, 6.45) is 14.1. The van der Waals surface area contributed by atoms with Crippen LogP contribution in [0.2, 0.25) is 0 Å². The maximum atomic E-state index is 2.54. The Morgan fingerprint density at radius 3 is 2.17 bits per heavy atom. The average Bonchev–Trinajstić information content (AvgIpc) is 3.63. The molecule has 0 spiro atoms. The molecule has 0 aliphatic heterocycles. The molecule has 0 radical (unpaired) electrons. The van der Waals surface area contributed by atoms with Crippen LogP contribution in [-0.4, -0.2) is 3.21 Å².